The van der Waals surface area contributed by atoms with Crippen molar-refractivity contribution in [1.29, 1.82) is 0 Å². The molecule has 0 aliphatic rings. The lowest BCUT2D eigenvalue weighted by Crippen LogP contribution is -2.12. The van der Waals surface area contributed by atoms with Crippen LogP contribution in [0, 0.1) is 5.82 Å². The van der Waals surface area contributed by atoms with Crippen LogP contribution in [0.1, 0.15) is 51.0 Å². The van der Waals surface area contributed by atoms with Gasteiger partial charge in [-0.05, 0) is 24.1 Å². The number of benzene rings is 1. The van der Waals surface area contributed by atoms with Crippen molar-refractivity contribution in [3.8, 4) is 0 Å². The average Bonchev–Trinajstić information content (AvgIpc) is 2.54. The Labute approximate surface area is 137 Å². The van der Waals surface area contributed by atoms with Gasteiger partial charge in [-0.3, -0.25) is 9.59 Å². The molecule has 0 N–H and O–H groups in total. The maximum Gasteiger partial charge on any atom is 0.306 e. The summed E-state index contributed by atoms with van der Waals surface area (Å²) < 4.78 is 22.8. The molecule has 0 heterocycles. The van der Waals surface area contributed by atoms with Crippen LogP contribution in [-0.4, -0.2) is 25.2 Å². The monoisotopic (exact) mass is 324 g/mol. The number of esters is 2. The molecule has 0 amide bonds. The molecule has 0 atom stereocenters. The third-order valence-corrected chi connectivity index (χ3v) is 3.36. The molecule has 0 aliphatic heterocycles. The lowest BCUT2D eigenvalue weighted by Gasteiger charge is -2.06. The maximum absolute atomic E-state index is 12.7. The summed E-state index contributed by atoms with van der Waals surface area (Å²) in [5, 5.41) is 0. The minimum Gasteiger partial charge on any atom is -0.466 e. The molecule has 128 valence electrons. The summed E-state index contributed by atoms with van der Waals surface area (Å²) in [6, 6.07) is 6.04. The Bertz CT molecular complexity index is 470. The highest BCUT2D eigenvalue weighted by Crippen LogP contribution is 2.05. The second kappa shape index (κ2) is 11.6. The van der Waals surface area contributed by atoms with Gasteiger partial charge in [-0.2, -0.15) is 0 Å². The van der Waals surface area contributed by atoms with Crippen LogP contribution in [0.5, 0.6) is 0 Å². The molecule has 1 rings (SSSR count). The van der Waals surface area contributed by atoms with Crippen LogP contribution >= 0.6 is 0 Å². The van der Waals surface area contributed by atoms with Crippen LogP contribution in [0.2, 0.25) is 0 Å². The van der Waals surface area contributed by atoms with E-state index in [2.05, 4.69) is 6.92 Å². The number of halogens is 1. The Morgan fingerprint density at radius 3 is 2.13 bits per heavy atom. The van der Waals surface area contributed by atoms with E-state index in [1.54, 1.807) is 12.1 Å². The zero-order valence-electron chi connectivity index (χ0n) is 13.7. The van der Waals surface area contributed by atoms with Crippen molar-refractivity contribution < 1.29 is 23.5 Å². The van der Waals surface area contributed by atoms with Gasteiger partial charge in [-0.1, -0.05) is 38.3 Å². The Morgan fingerprint density at radius 1 is 0.913 bits per heavy atom. The molecule has 0 aliphatic carbocycles. The lowest BCUT2D eigenvalue weighted by atomic mass is 10.2. The molecule has 0 radical (unpaired) electrons. The zero-order valence-corrected chi connectivity index (χ0v) is 13.7. The molecule has 1 aromatic rings. The molecule has 0 saturated heterocycles. The fourth-order valence-electron chi connectivity index (χ4n) is 2.00. The van der Waals surface area contributed by atoms with Crippen molar-refractivity contribution in [3.63, 3.8) is 0 Å². The highest BCUT2D eigenvalue weighted by molar-refractivity contribution is 5.77. The van der Waals surface area contributed by atoms with E-state index in [1.165, 1.54) is 12.1 Å². The molecule has 23 heavy (non-hydrogen) atoms. The van der Waals surface area contributed by atoms with Crippen molar-refractivity contribution in [2.24, 2.45) is 0 Å². The number of carbonyl (C=O) groups excluding carboxylic acids is 2. The molecule has 0 spiro atoms. The van der Waals surface area contributed by atoms with Gasteiger partial charge in [0.05, 0.1) is 26.1 Å². The molecule has 0 bridgehead atoms. The fraction of sp³-hybridized carbons (Fsp3) is 0.556. The average molecular weight is 324 g/mol. The Balaban J connectivity index is 2.05. The Kier molecular flexibility index (Phi) is 9.68. The predicted molar refractivity (Wildman–Crippen MR) is 85.4 cm³/mol. The molecular weight excluding hydrogens is 299 g/mol. The van der Waals surface area contributed by atoms with Crippen LogP contribution in [0.15, 0.2) is 24.3 Å². The quantitative estimate of drug-likeness (QED) is 0.459. The topological polar surface area (TPSA) is 52.6 Å². The second-order valence-corrected chi connectivity index (χ2v) is 5.38. The molecule has 0 saturated carbocycles. The smallest absolute Gasteiger partial charge is 0.306 e. The van der Waals surface area contributed by atoms with E-state index >= 15 is 0 Å². The minimum absolute atomic E-state index is 0.0250. The largest absolute Gasteiger partial charge is 0.466 e. The zero-order chi connectivity index (χ0) is 16.9. The first-order chi connectivity index (χ1) is 11.1. The van der Waals surface area contributed by atoms with Gasteiger partial charge < -0.3 is 9.47 Å². The van der Waals surface area contributed by atoms with Gasteiger partial charge in [0.2, 0.25) is 0 Å². The number of ether oxygens (including phenoxy) is 2. The first-order valence-electron chi connectivity index (χ1n) is 8.17. The molecule has 4 nitrogen and oxygen atoms in total. The summed E-state index contributed by atoms with van der Waals surface area (Å²) in [5.74, 6) is -1.08. The highest BCUT2D eigenvalue weighted by Gasteiger charge is 2.09. The Hall–Kier alpha value is -1.91. The third kappa shape index (κ3) is 9.66. The summed E-state index contributed by atoms with van der Waals surface area (Å²) >= 11 is 0. The first kappa shape index (κ1) is 19.1. The van der Waals surface area contributed by atoms with E-state index in [4.69, 9.17) is 9.47 Å². The molecule has 5 heteroatoms. The molecular formula is C18H25FO4. The van der Waals surface area contributed by atoms with E-state index in [9.17, 15) is 14.0 Å². The van der Waals surface area contributed by atoms with E-state index in [1.807, 2.05) is 0 Å². The molecule has 0 aromatic heterocycles. The van der Waals surface area contributed by atoms with Crippen molar-refractivity contribution in [2.75, 3.05) is 13.2 Å². The van der Waals surface area contributed by atoms with E-state index in [0.29, 0.717) is 13.0 Å². The lowest BCUT2D eigenvalue weighted by molar-refractivity contribution is -0.150. The summed E-state index contributed by atoms with van der Waals surface area (Å²) in [6.07, 6.45) is 4.78. The Morgan fingerprint density at radius 2 is 1.52 bits per heavy atom. The first-order valence-corrected chi connectivity index (χ1v) is 8.17. The summed E-state index contributed by atoms with van der Waals surface area (Å²) in [5.41, 5.74) is 0.894. The van der Waals surface area contributed by atoms with Crippen LogP contribution < -0.4 is 0 Å². The number of hydrogen-bond acceptors (Lipinski definition) is 4. The number of hydrogen-bond donors (Lipinski definition) is 0. The van der Waals surface area contributed by atoms with Crippen LogP contribution in [0.3, 0.4) is 0 Å². The van der Waals surface area contributed by atoms with Gasteiger partial charge in [0.25, 0.3) is 0 Å². The number of rotatable bonds is 11. The van der Waals surface area contributed by atoms with E-state index in [0.717, 1.165) is 31.2 Å². The standard InChI is InChI=1S/C18H25FO4/c1-2-3-4-5-13-22-17(20)10-11-18(21)23-14-12-15-6-8-16(19)9-7-15/h6-9H,2-5,10-14H2,1H3. The number of unbranched alkanes of at least 4 members (excludes halogenated alkanes) is 3. The van der Waals surface area contributed by atoms with Crippen molar-refractivity contribution in [3.05, 3.63) is 35.6 Å². The third-order valence-electron chi connectivity index (χ3n) is 3.36. The van der Waals surface area contributed by atoms with Crippen LogP contribution in [0.25, 0.3) is 0 Å². The molecule has 1 aromatic carbocycles. The highest BCUT2D eigenvalue weighted by atomic mass is 19.1. The van der Waals surface area contributed by atoms with Gasteiger partial charge in [-0.25, -0.2) is 4.39 Å². The minimum atomic E-state index is -0.421. The van der Waals surface area contributed by atoms with E-state index in [-0.39, 0.29) is 31.2 Å². The van der Waals surface area contributed by atoms with Gasteiger partial charge >= 0.3 is 11.9 Å². The molecule has 0 unspecified atom stereocenters. The maximum atomic E-state index is 12.7. The van der Waals surface area contributed by atoms with Gasteiger partial charge in [0, 0.05) is 6.42 Å². The van der Waals surface area contributed by atoms with Gasteiger partial charge in [0.15, 0.2) is 0 Å². The molecule has 0 fully saturated rings. The second-order valence-electron chi connectivity index (χ2n) is 5.38. The summed E-state index contributed by atoms with van der Waals surface area (Å²) in [7, 11) is 0. The summed E-state index contributed by atoms with van der Waals surface area (Å²) in [6.45, 7) is 2.75. The van der Waals surface area contributed by atoms with Crippen molar-refractivity contribution in [2.45, 2.75) is 51.9 Å². The number of carbonyl (C=O) groups is 2. The van der Waals surface area contributed by atoms with E-state index < -0.39 is 5.97 Å². The van der Waals surface area contributed by atoms with Crippen molar-refractivity contribution >= 4 is 11.9 Å². The summed E-state index contributed by atoms with van der Waals surface area (Å²) in [4.78, 5) is 23.0. The van der Waals surface area contributed by atoms with Crippen LogP contribution in [-0.2, 0) is 25.5 Å². The van der Waals surface area contributed by atoms with Gasteiger partial charge in [-0.15, -0.1) is 0 Å². The predicted octanol–water partition coefficient (Wildman–Crippen LogP) is 3.82. The normalized spacial score (nSPS) is 10.3. The van der Waals surface area contributed by atoms with Gasteiger partial charge in [0.1, 0.15) is 5.82 Å². The SMILES string of the molecule is CCCCCCOC(=O)CCC(=O)OCCc1ccc(F)cc1. The fourth-order valence-corrected chi connectivity index (χ4v) is 2.00. The van der Waals surface area contributed by atoms with Crippen LogP contribution in [0.4, 0.5) is 4.39 Å². The van der Waals surface area contributed by atoms with Crippen molar-refractivity contribution in [1.82, 2.24) is 0 Å².